The van der Waals surface area contributed by atoms with Crippen molar-refractivity contribution in [1.82, 2.24) is 5.32 Å². The zero-order valence-electron chi connectivity index (χ0n) is 12.3. The molecular weight excluding hydrogens is 357 g/mol. The molecule has 0 saturated heterocycles. The Kier molecular flexibility index (Phi) is 8.81. The number of carbonyl (C=O) groups excluding carboxylic acids is 3. The van der Waals surface area contributed by atoms with Gasteiger partial charge in [0.15, 0.2) is 3.79 Å². The average Bonchev–Trinajstić information content (AvgIpc) is 2.36. The standard InChI is InChI=1S/C13H18Cl3NO5/c1-4-7-12(10(19)21-5-2,11(20)22-6-3)17-9(18)8-13(14,15)16/h4H,1,5-8H2,2-3H3,(H,17,18). The normalized spacial score (nSPS) is 11.5. The van der Waals surface area contributed by atoms with Gasteiger partial charge in [-0.15, -0.1) is 6.58 Å². The van der Waals surface area contributed by atoms with Crippen LogP contribution in [0, 0.1) is 0 Å². The van der Waals surface area contributed by atoms with Crippen molar-refractivity contribution in [3.63, 3.8) is 0 Å². The number of rotatable bonds is 8. The van der Waals surface area contributed by atoms with Gasteiger partial charge >= 0.3 is 11.9 Å². The summed E-state index contributed by atoms with van der Waals surface area (Å²) >= 11 is 16.6. The number of amides is 1. The molecule has 6 nitrogen and oxygen atoms in total. The van der Waals surface area contributed by atoms with E-state index in [4.69, 9.17) is 44.3 Å². The highest BCUT2D eigenvalue weighted by molar-refractivity contribution is 6.68. The summed E-state index contributed by atoms with van der Waals surface area (Å²) in [6.07, 6.45) is 0.509. The molecule has 126 valence electrons. The van der Waals surface area contributed by atoms with Gasteiger partial charge in [-0.2, -0.15) is 0 Å². The fourth-order valence-corrected chi connectivity index (χ4v) is 1.96. The Balaban J connectivity index is 5.52. The Hall–Kier alpha value is -0.980. The molecule has 0 unspecified atom stereocenters. The third-order valence-corrected chi connectivity index (χ3v) is 2.81. The first-order valence-electron chi connectivity index (χ1n) is 6.46. The summed E-state index contributed by atoms with van der Waals surface area (Å²) in [6, 6.07) is 0. The van der Waals surface area contributed by atoms with E-state index < -0.39 is 33.6 Å². The third-order valence-electron chi connectivity index (χ3n) is 2.41. The van der Waals surface area contributed by atoms with Gasteiger partial charge in [0.05, 0.1) is 19.6 Å². The molecule has 1 amide bonds. The van der Waals surface area contributed by atoms with Gasteiger partial charge < -0.3 is 14.8 Å². The summed E-state index contributed by atoms with van der Waals surface area (Å²) < 4.78 is 7.85. The van der Waals surface area contributed by atoms with Crippen LogP contribution in [-0.2, 0) is 23.9 Å². The first-order chi connectivity index (χ1) is 10.1. The Morgan fingerprint density at radius 1 is 1.09 bits per heavy atom. The van der Waals surface area contributed by atoms with E-state index in [-0.39, 0.29) is 19.6 Å². The highest BCUT2D eigenvalue weighted by Crippen LogP contribution is 2.30. The van der Waals surface area contributed by atoms with Gasteiger partial charge in [0.1, 0.15) is 0 Å². The molecule has 0 aliphatic heterocycles. The van der Waals surface area contributed by atoms with Crippen molar-refractivity contribution in [3.05, 3.63) is 12.7 Å². The van der Waals surface area contributed by atoms with Crippen LogP contribution in [0.25, 0.3) is 0 Å². The average molecular weight is 375 g/mol. The number of hydrogen-bond acceptors (Lipinski definition) is 5. The van der Waals surface area contributed by atoms with Crippen molar-refractivity contribution in [1.29, 1.82) is 0 Å². The van der Waals surface area contributed by atoms with E-state index in [1.54, 1.807) is 13.8 Å². The lowest BCUT2D eigenvalue weighted by molar-refractivity contribution is -0.168. The Morgan fingerprint density at radius 2 is 1.55 bits per heavy atom. The minimum atomic E-state index is -2.05. The zero-order chi connectivity index (χ0) is 17.4. The lowest BCUT2D eigenvalue weighted by Gasteiger charge is -2.29. The predicted octanol–water partition coefficient (Wildman–Crippen LogP) is 2.30. The van der Waals surface area contributed by atoms with Crippen LogP contribution in [0.3, 0.4) is 0 Å². The van der Waals surface area contributed by atoms with Crippen LogP contribution in [0.2, 0.25) is 0 Å². The molecule has 0 spiro atoms. The zero-order valence-corrected chi connectivity index (χ0v) is 14.6. The molecule has 0 aromatic carbocycles. The number of halogens is 3. The second-order valence-corrected chi connectivity index (χ2v) is 6.70. The Labute approximate surface area is 144 Å². The molecule has 0 aliphatic carbocycles. The molecule has 0 saturated carbocycles. The minimum Gasteiger partial charge on any atom is -0.464 e. The third kappa shape index (κ3) is 6.42. The smallest absolute Gasteiger partial charge is 0.344 e. The molecule has 0 heterocycles. The SMILES string of the molecule is C=CCC(NC(=O)CC(Cl)(Cl)Cl)(C(=O)OCC)C(=O)OCC. The van der Waals surface area contributed by atoms with E-state index in [0.29, 0.717) is 0 Å². The van der Waals surface area contributed by atoms with Gasteiger partial charge in [-0.05, 0) is 13.8 Å². The number of carbonyl (C=O) groups is 3. The van der Waals surface area contributed by atoms with Crippen LogP contribution in [0.4, 0.5) is 0 Å². The van der Waals surface area contributed by atoms with Gasteiger partial charge in [-0.3, -0.25) is 4.79 Å². The lowest BCUT2D eigenvalue weighted by atomic mass is 9.94. The maximum atomic E-state index is 12.2. The topological polar surface area (TPSA) is 81.7 Å². The van der Waals surface area contributed by atoms with E-state index in [9.17, 15) is 14.4 Å². The summed E-state index contributed by atoms with van der Waals surface area (Å²) in [7, 11) is 0. The van der Waals surface area contributed by atoms with Gasteiger partial charge in [0.2, 0.25) is 11.4 Å². The van der Waals surface area contributed by atoms with Crippen molar-refractivity contribution in [3.8, 4) is 0 Å². The summed E-state index contributed by atoms with van der Waals surface area (Å²) in [4.78, 5) is 36.3. The molecule has 0 aliphatic rings. The van der Waals surface area contributed by atoms with Crippen LogP contribution in [0.15, 0.2) is 12.7 Å². The molecule has 0 aromatic rings. The summed E-state index contributed by atoms with van der Waals surface area (Å²) in [5.74, 6) is -2.75. The molecular formula is C13H18Cl3NO5. The fourth-order valence-electron chi connectivity index (χ4n) is 1.59. The highest BCUT2D eigenvalue weighted by atomic mass is 35.6. The van der Waals surface area contributed by atoms with Crippen molar-refractivity contribution in [2.45, 2.75) is 36.0 Å². The molecule has 0 radical (unpaired) electrons. The van der Waals surface area contributed by atoms with Gasteiger partial charge in [0.25, 0.3) is 0 Å². The second kappa shape index (κ2) is 9.22. The maximum Gasteiger partial charge on any atom is 0.344 e. The Bertz CT molecular complexity index is 416. The number of esters is 2. The quantitative estimate of drug-likeness (QED) is 0.305. The van der Waals surface area contributed by atoms with Gasteiger partial charge in [-0.1, -0.05) is 40.9 Å². The number of hydrogen-bond donors (Lipinski definition) is 1. The molecule has 0 aromatic heterocycles. The lowest BCUT2D eigenvalue weighted by Crippen LogP contribution is -2.61. The van der Waals surface area contributed by atoms with Crippen LogP contribution >= 0.6 is 34.8 Å². The Morgan fingerprint density at radius 3 is 1.86 bits per heavy atom. The van der Waals surface area contributed by atoms with E-state index in [1.165, 1.54) is 6.08 Å². The summed E-state index contributed by atoms with van der Waals surface area (Å²) in [5, 5.41) is 2.24. The first-order valence-corrected chi connectivity index (χ1v) is 7.59. The van der Waals surface area contributed by atoms with Crippen molar-refractivity contribution < 1.29 is 23.9 Å². The maximum absolute atomic E-state index is 12.2. The van der Waals surface area contributed by atoms with E-state index in [1.807, 2.05) is 0 Å². The molecule has 0 atom stereocenters. The summed E-state index contributed by atoms with van der Waals surface area (Å²) in [5.41, 5.74) is -2.05. The predicted molar refractivity (Wildman–Crippen MR) is 83.9 cm³/mol. The molecule has 0 bridgehead atoms. The van der Waals surface area contributed by atoms with Crippen LogP contribution in [0.1, 0.15) is 26.7 Å². The van der Waals surface area contributed by atoms with Crippen LogP contribution in [0.5, 0.6) is 0 Å². The van der Waals surface area contributed by atoms with Crippen molar-refractivity contribution in [2.24, 2.45) is 0 Å². The fraction of sp³-hybridized carbons (Fsp3) is 0.615. The molecule has 9 heteroatoms. The number of nitrogens with one attached hydrogen (secondary N) is 1. The van der Waals surface area contributed by atoms with E-state index >= 15 is 0 Å². The second-order valence-electron chi connectivity index (χ2n) is 4.18. The largest absolute Gasteiger partial charge is 0.464 e. The monoisotopic (exact) mass is 373 g/mol. The molecule has 22 heavy (non-hydrogen) atoms. The van der Waals surface area contributed by atoms with E-state index in [2.05, 4.69) is 11.9 Å². The highest BCUT2D eigenvalue weighted by Gasteiger charge is 2.50. The minimum absolute atomic E-state index is 0.0114. The van der Waals surface area contributed by atoms with Gasteiger partial charge in [-0.25, -0.2) is 9.59 Å². The molecule has 0 rings (SSSR count). The van der Waals surface area contributed by atoms with E-state index in [0.717, 1.165) is 0 Å². The number of alkyl halides is 3. The number of ether oxygens (including phenoxy) is 2. The van der Waals surface area contributed by atoms with Crippen LogP contribution in [-0.4, -0.2) is 40.4 Å². The van der Waals surface area contributed by atoms with Crippen molar-refractivity contribution in [2.75, 3.05) is 13.2 Å². The van der Waals surface area contributed by atoms with Crippen molar-refractivity contribution >= 4 is 52.6 Å². The summed E-state index contributed by atoms with van der Waals surface area (Å²) in [6.45, 7) is 6.61. The first kappa shape index (κ1) is 21.0. The van der Waals surface area contributed by atoms with Crippen LogP contribution < -0.4 is 5.32 Å². The molecule has 1 N–H and O–H groups in total. The van der Waals surface area contributed by atoms with Gasteiger partial charge in [0, 0.05) is 6.42 Å². The molecule has 0 fully saturated rings.